The van der Waals surface area contributed by atoms with Gasteiger partial charge in [-0.15, -0.1) is 0 Å². The fraction of sp³-hybridized carbons (Fsp3) is 0.389. The molecule has 0 aromatic heterocycles. The fourth-order valence-electron chi connectivity index (χ4n) is 3.22. The van der Waals surface area contributed by atoms with Gasteiger partial charge in [-0.1, -0.05) is 24.6 Å². The smallest absolute Gasteiger partial charge is 0.335 e. The molecule has 1 aliphatic carbocycles. The highest BCUT2D eigenvalue weighted by molar-refractivity contribution is 5.86. The van der Waals surface area contributed by atoms with Gasteiger partial charge in [0.05, 0.1) is 11.0 Å². The van der Waals surface area contributed by atoms with E-state index in [0.717, 1.165) is 37.7 Å². The highest BCUT2D eigenvalue weighted by Crippen LogP contribution is 2.41. The molecule has 0 atom stereocenters. The Morgan fingerprint density at radius 2 is 2.08 bits per heavy atom. The van der Waals surface area contributed by atoms with Crippen LogP contribution in [0.5, 0.6) is 0 Å². The molecule has 1 aliphatic heterocycles. The third-order valence-electron chi connectivity index (χ3n) is 4.38. The molecule has 3 rings (SSSR count). The number of nitrogens with zero attached hydrogens (tertiary/aromatic N) is 1. The largest absolute Gasteiger partial charge is 0.489 e. The standard InChI is InChI=1S/C18H19NO5/c20-17-13-16(18(24-17)9-2-1-3-10-18)23-11-5-7-14-6-4-8-15(12-14)19(21)22/h4-8,12-13H,1-3,9-11H2/b7-5+. The van der Waals surface area contributed by atoms with Crippen LogP contribution >= 0.6 is 0 Å². The number of non-ortho nitro benzene ring substituents is 1. The van der Waals surface area contributed by atoms with Crippen molar-refractivity contribution in [2.75, 3.05) is 6.61 Å². The van der Waals surface area contributed by atoms with Gasteiger partial charge in [-0.3, -0.25) is 10.1 Å². The first kappa shape index (κ1) is 16.2. The summed E-state index contributed by atoms with van der Waals surface area (Å²) in [4.78, 5) is 22.0. The van der Waals surface area contributed by atoms with Crippen molar-refractivity contribution >= 4 is 17.7 Å². The molecule has 1 saturated carbocycles. The zero-order chi connectivity index (χ0) is 17.0. The number of nitro groups is 1. The third-order valence-corrected chi connectivity index (χ3v) is 4.38. The van der Waals surface area contributed by atoms with Crippen LogP contribution in [0.1, 0.15) is 37.7 Å². The molecule has 0 amide bonds. The van der Waals surface area contributed by atoms with Gasteiger partial charge in [0.25, 0.3) is 5.69 Å². The topological polar surface area (TPSA) is 78.7 Å². The maximum Gasteiger partial charge on any atom is 0.335 e. The summed E-state index contributed by atoms with van der Waals surface area (Å²) in [5, 5.41) is 10.8. The van der Waals surface area contributed by atoms with Crippen molar-refractivity contribution in [3.63, 3.8) is 0 Å². The summed E-state index contributed by atoms with van der Waals surface area (Å²) >= 11 is 0. The molecule has 0 saturated heterocycles. The van der Waals surface area contributed by atoms with Crippen molar-refractivity contribution in [2.45, 2.75) is 37.7 Å². The number of rotatable bonds is 5. The first-order chi connectivity index (χ1) is 11.6. The van der Waals surface area contributed by atoms with Gasteiger partial charge in [0.15, 0.2) is 5.60 Å². The zero-order valence-electron chi connectivity index (χ0n) is 13.3. The molecule has 1 aromatic carbocycles. The molecule has 0 N–H and O–H groups in total. The Kier molecular flexibility index (Phi) is 4.64. The number of carbonyl (C=O) groups is 1. The zero-order valence-corrected chi connectivity index (χ0v) is 13.3. The first-order valence-corrected chi connectivity index (χ1v) is 8.08. The molecular weight excluding hydrogens is 310 g/mol. The van der Waals surface area contributed by atoms with Crippen molar-refractivity contribution in [2.24, 2.45) is 0 Å². The molecule has 1 spiro atoms. The normalized spacial score (nSPS) is 19.3. The van der Waals surface area contributed by atoms with E-state index in [-0.39, 0.29) is 18.3 Å². The maximum atomic E-state index is 11.6. The van der Waals surface area contributed by atoms with Gasteiger partial charge in [0, 0.05) is 12.1 Å². The van der Waals surface area contributed by atoms with E-state index in [0.29, 0.717) is 5.76 Å². The first-order valence-electron chi connectivity index (χ1n) is 8.08. The van der Waals surface area contributed by atoms with Crippen LogP contribution in [0.4, 0.5) is 5.69 Å². The Morgan fingerprint density at radius 1 is 1.29 bits per heavy atom. The number of hydrogen-bond donors (Lipinski definition) is 0. The van der Waals surface area contributed by atoms with E-state index in [1.165, 1.54) is 18.2 Å². The number of nitro benzene ring substituents is 1. The molecule has 1 heterocycles. The van der Waals surface area contributed by atoms with Gasteiger partial charge >= 0.3 is 5.97 Å². The molecule has 6 heteroatoms. The Hall–Kier alpha value is -2.63. The van der Waals surface area contributed by atoms with Crippen LogP contribution in [0, 0.1) is 10.1 Å². The molecule has 2 aliphatic rings. The van der Waals surface area contributed by atoms with Gasteiger partial charge in [-0.25, -0.2) is 4.79 Å². The lowest BCUT2D eigenvalue weighted by molar-refractivity contribution is -0.384. The van der Waals surface area contributed by atoms with E-state index in [1.807, 2.05) is 0 Å². The second-order valence-electron chi connectivity index (χ2n) is 6.05. The number of ether oxygens (including phenoxy) is 2. The van der Waals surface area contributed by atoms with Crippen LogP contribution in [0.2, 0.25) is 0 Å². The van der Waals surface area contributed by atoms with Crippen molar-refractivity contribution in [1.82, 2.24) is 0 Å². The summed E-state index contributed by atoms with van der Waals surface area (Å²) in [6.45, 7) is 0.285. The van der Waals surface area contributed by atoms with Crippen LogP contribution in [0.25, 0.3) is 6.08 Å². The quantitative estimate of drug-likeness (QED) is 0.467. The molecule has 6 nitrogen and oxygen atoms in total. The van der Waals surface area contributed by atoms with Gasteiger partial charge in [0.2, 0.25) is 0 Å². The summed E-state index contributed by atoms with van der Waals surface area (Å²) in [7, 11) is 0. The Bertz CT molecular complexity index is 701. The summed E-state index contributed by atoms with van der Waals surface area (Å²) in [6, 6.07) is 6.38. The van der Waals surface area contributed by atoms with Crippen LogP contribution < -0.4 is 0 Å². The molecule has 126 valence electrons. The van der Waals surface area contributed by atoms with Crippen molar-refractivity contribution in [1.29, 1.82) is 0 Å². The predicted molar refractivity (Wildman–Crippen MR) is 88.1 cm³/mol. The van der Waals surface area contributed by atoms with E-state index in [9.17, 15) is 14.9 Å². The van der Waals surface area contributed by atoms with Gasteiger partial charge in [-0.2, -0.15) is 0 Å². The highest BCUT2D eigenvalue weighted by Gasteiger charge is 2.45. The van der Waals surface area contributed by atoms with E-state index in [2.05, 4.69) is 0 Å². The third kappa shape index (κ3) is 3.48. The predicted octanol–water partition coefficient (Wildman–Crippen LogP) is 3.77. The Morgan fingerprint density at radius 3 is 2.83 bits per heavy atom. The maximum absolute atomic E-state index is 11.6. The monoisotopic (exact) mass is 329 g/mol. The highest BCUT2D eigenvalue weighted by atomic mass is 16.6. The van der Waals surface area contributed by atoms with Crippen LogP contribution in [0.15, 0.2) is 42.2 Å². The van der Waals surface area contributed by atoms with E-state index in [1.54, 1.807) is 24.3 Å². The van der Waals surface area contributed by atoms with Crippen LogP contribution in [0.3, 0.4) is 0 Å². The van der Waals surface area contributed by atoms with Crippen molar-refractivity contribution in [3.8, 4) is 0 Å². The molecule has 1 fully saturated rings. The molecule has 0 bridgehead atoms. The van der Waals surface area contributed by atoms with E-state index in [4.69, 9.17) is 9.47 Å². The fourth-order valence-corrected chi connectivity index (χ4v) is 3.22. The van der Waals surface area contributed by atoms with Crippen LogP contribution in [-0.2, 0) is 14.3 Å². The molecular formula is C18H19NO5. The Labute approximate surface area is 139 Å². The summed E-state index contributed by atoms with van der Waals surface area (Å²) in [5.41, 5.74) is 0.207. The number of benzene rings is 1. The minimum Gasteiger partial charge on any atom is -0.489 e. The molecule has 0 radical (unpaired) electrons. The number of carbonyl (C=O) groups excluding carboxylic acids is 1. The average Bonchev–Trinajstić information content (AvgIpc) is 2.87. The number of hydrogen-bond acceptors (Lipinski definition) is 5. The summed E-state index contributed by atoms with van der Waals surface area (Å²) < 4.78 is 11.3. The van der Waals surface area contributed by atoms with Crippen molar-refractivity contribution in [3.05, 3.63) is 57.9 Å². The lowest BCUT2D eigenvalue weighted by Gasteiger charge is -2.33. The van der Waals surface area contributed by atoms with Crippen molar-refractivity contribution < 1.29 is 19.2 Å². The lowest BCUT2D eigenvalue weighted by atomic mass is 9.84. The molecule has 0 unspecified atom stereocenters. The molecule has 1 aromatic rings. The number of esters is 1. The second-order valence-corrected chi connectivity index (χ2v) is 6.05. The second kappa shape index (κ2) is 6.86. The summed E-state index contributed by atoms with van der Waals surface area (Å²) in [5.74, 6) is 0.269. The van der Waals surface area contributed by atoms with Gasteiger partial charge in [-0.05, 0) is 37.3 Å². The van der Waals surface area contributed by atoms with E-state index >= 15 is 0 Å². The SMILES string of the molecule is O=C1C=C(OC/C=C/c2cccc([N+](=O)[O-])c2)C2(CCCCC2)O1. The van der Waals surface area contributed by atoms with Gasteiger partial charge < -0.3 is 9.47 Å². The van der Waals surface area contributed by atoms with E-state index < -0.39 is 10.5 Å². The Balaban J connectivity index is 1.61. The molecule has 24 heavy (non-hydrogen) atoms. The lowest BCUT2D eigenvalue weighted by Crippen LogP contribution is -2.35. The average molecular weight is 329 g/mol. The minimum atomic E-state index is -0.575. The van der Waals surface area contributed by atoms with Gasteiger partial charge in [0.1, 0.15) is 12.4 Å². The summed E-state index contributed by atoms with van der Waals surface area (Å²) in [6.07, 6.45) is 9.79. The minimum absolute atomic E-state index is 0.0525. The van der Waals surface area contributed by atoms with Crippen LogP contribution in [-0.4, -0.2) is 23.1 Å².